The summed E-state index contributed by atoms with van der Waals surface area (Å²) in [4.78, 5) is 26.7. The highest BCUT2D eigenvalue weighted by Gasteiger charge is 2.27. The average Bonchev–Trinajstić information content (AvgIpc) is 3.26. The summed E-state index contributed by atoms with van der Waals surface area (Å²) in [5.41, 5.74) is 3.17. The third-order valence-electron chi connectivity index (χ3n) is 4.97. The van der Waals surface area contributed by atoms with Crippen molar-refractivity contribution in [2.24, 2.45) is 0 Å². The molecule has 1 aliphatic rings. The van der Waals surface area contributed by atoms with Gasteiger partial charge in [-0.15, -0.1) is 0 Å². The SMILES string of the molecule is CCc1ccc(C2CNCCN2C(=O)CCCNC(=O)c2ccsc2)cc1. The fourth-order valence-electron chi connectivity index (χ4n) is 3.36. The van der Waals surface area contributed by atoms with Crippen LogP contribution in [0.1, 0.15) is 47.3 Å². The molecule has 0 bridgehead atoms. The summed E-state index contributed by atoms with van der Waals surface area (Å²) in [5.74, 6) is 0.0885. The number of carbonyl (C=O) groups is 2. The Labute approximate surface area is 164 Å². The van der Waals surface area contributed by atoms with Crippen LogP contribution in [0.15, 0.2) is 41.1 Å². The summed E-state index contributed by atoms with van der Waals surface area (Å²) in [6.07, 6.45) is 2.12. The molecule has 0 radical (unpaired) electrons. The number of benzene rings is 1. The van der Waals surface area contributed by atoms with Gasteiger partial charge < -0.3 is 15.5 Å². The third-order valence-corrected chi connectivity index (χ3v) is 5.66. The molecule has 2 heterocycles. The molecule has 2 aromatic rings. The molecule has 2 amide bonds. The van der Waals surface area contributed by atoms with Crippen LogP contribution in [0.3, 0.4) is 0 Å². The van der Waals surface area contributed by atoms with Gasteiger partial charge in [-0.05, 0) is 35.4 Å². The fourth-order valence-corrected chi connectivity index (χ4v) is 3.99. The van der Waals surface area contributed by atoms with Crippen LogP contribution in [0.4, 0.5) is 0 Å². The number of thiophene rings is 1. The van der Waals surface area contributed by atoms with Gasteiger partial charge in [-0.25, -0.2) is 0 Å². The number of rotatable bonds is 7. The van der Waals surface area contributed by atoms with Crippen LogP contribution in [0.5, 0.6) is 0 Å². The zero-order chi connectivity index (χ0) is 19.1. The van der Waals surface area contributed by atoms with E-state index in [-0.39, 0.29) is 17.9 Å². The van der Waals surface area contributed by atoms with E-state index >= 15 is 0 Å². The van der Waals surface area contributed by atoms with E-state index in [9.17, 15) is 9.59 Å². The highest BCUT2D eigenvalue weighted by molar-refractivity contribution is 7.08. The first-order chi connectivity index (χ1) is 13.2. The van der Waals surface area contributed by atoms with Crippen LogP contribution in [0.25, 0.3) is 0 Å². The average molecular weight is 386 g/mol. The fraction of sp³-hybridized carbons (Fsp3) is 0.429. The number of hydrogen-bond acceptors (Lipinski definition) is 4. The van der Waals surface area contributed by atoms with E-state index in [4.69, 9.17) is 0 Å². The molecule has 1 saturated heterocycles. The maximum Gasteiger partial charge on any atom is 0.252 e. The van der Waals surface area contributed by atoms with Crippen molar-refractivity contribution in [2.45, 2.75) is 32.2 Å². The van der Waals surface area contributed by atoms with Crippen molar-refractivity contribution >= 4 is 23.2 Å². The lowest BCUT2D eigenvalue weighted by molar-refractivity contribution is -0.134. The minimum absolute atomic E-state index is 0.0697. The molecule has 27 heavy (non-hydrogen) atoms. The van der Waals surface area contributed by atoms with Crippen molar-refractivity contribution in [2.75, 3.05) is 26.2 Å². The molecular formula is C21H27N3O2S. The number of carbonyl (C=O) groups excluding carboxylic acids is 2. The topological polar surface area (TPSA) is 61.4 Å². The normalized spacial score (nSPS) is 16.9. The van der Waals surface area contributed by atoms with E-state index in [0.717, 1.165) is 26.1 Å². The predicted molar refractivity (Wildman–Crippen MR) is 109 cm³/mol. The van der Waals surface area contributed by atoms with E-state index in [1.165, 1.54) is 22.5 Å². The maximum atomic E-state index is 12.8. The van der Waals surface area contributed by atoms with Gasteiger partial charge in [0, 0.05) is 43.5 Å². The number of nitrogens with zero attached hydrogens (tertiary/aromatic N) is 1. The minimum atomic E-state index is -0.0697. The van der Waals surface area contributed by atoms with Gasteiger partial charge in [0.1, 0.15) is 0 Å². The van der Waals surface area contributed by atoms with Gasteiger partial charge >= 0.3 is 0 Å². The highest BCUT2D eigenvalue weighted by Crippen LogP contribution is 2.23. The van der Waals surface area contributed by atoms with Crippen LogP contribution in [0.2, 0.25) is 0 Å². The lowest BCUT2D eigenvalue weighted by atomic mass is 10.0. The van der Waals surface area contributed by atoms with Gasteiger partial charge in [0.25, 0.3) is 5.91 Å². The first kappa shape index (κ1) is 19.6. The largest absolute Gasteiger partial charge is 0.352 e. The van der Waals surface area contributed by atoms with Gasteiger partial charge in [-0.3, -0.25) is 9.59 Å². The molecule has 1 fully saturated rings. The first-order valence-corrected chi connectivity index (χ1v) is 10.5. The van der Waals surface area contributed by atoms with Crippen LogP contribution in [-0.2, 0) is 11.2 Å². The zero-order valence-corrected chi connectivity index (χ0v) is 16.6. The first-order valence-electron chi connectivity index (χ1n) is 9.58. The summed E-state index contributed by atoms with van der Waals surface area (Å²) < 4.78 is 0. The van der Waals surface area contributed by atoms with Gasteiger partial charge in [-0.2, -0.15) is 11.3 Å². The molecule has 1 aromatic carbocycles. The number of piperazine rings is 1. The summed E-state index contributed by atoms with van der Waals surface area (Å²) in [6, 6.07) is 10.5. The van der Waals surface area contributed by atoms with Crippen LogP contribution >= 0.6 is 11.3 Å². The summed E-state index contributed by atoms with van der Waals surface area (Å²) >= 11 is 1.50. The van der Waals surface area contributed by atoms with E-state index in [1.54, 1.807) is 6.07 Å². The molecule has 1 aromatic heterocycles. The predicted octanol–water partition coefficient (Wildman–Crippen LogP) is 2.99. The Kier molecular flexibility index (Phi) is 7.01. The van der Waals surface area contributed by atoms with E-state index in [0.29, 0.717) is 24.9 Å². The number of aryl methyl sites for hydroxylation is 1. The van der Waals surface area contributed by atoms with Crippen molar-refractivity contribution in [3.05, 3.63) is 57.8 Å². The van der Waals surface area contributed by atoms with Crippen molar-refractivity contribution < 1.29 is 9.59 Å². The van der Waals surface area contributed by atoms with Gasteiger partial charge in [-0.1, -0.05) is 31.2 Å². The molecule has 2 N–H and O–H groups in total. The van der Waals surface area contributed by atoms with E-state index in [2.05, 4.69) is 41.8 Å². The lowest BCUT2D eigenvalue weighted by Gasteiger charge is -2.36. The Balaban J connectivity index is 1.51. The Bertz CT molecular complexity index is 743. The van der Waals surface area contributed by atoms with Crippen molar-refractivity contribution in [3.8, 4) is 0 Å². The lowest BCUT2D eigenvalue weighted by Crippen LogP contribution is -2.48. The molecule has 0 aliphatic carbocycles. The van der Waals surface area contributed by atoms with Crippen LogP contribution in [0, 0.1) is 0 Å². The molecule has 5 nitrogen and oxygen atoms in total. The van der Waals surface area contributed by atoms with Crippen LogP contribution in [-0.4, -0.2) is 42.9 Å². The second kappa shape index (κ2) is 9.67. The molecule has 144 valence electrons. The number of nitrogens with one attached hydrogen (secondary N) is 2. The number of hydrogen-bond donors (Lipinski definition) is 2. The van der Waals surface area contributed by atoms with Crippen molar-refractivity contribution in [3.63, 3.8) is 0 Å². The highest BCUT2D eigenvalue weighted by atomic mass is 32.1. The van der Waals surface area contributed by atoms with E-state index < -0.39 is 0 Å². The molecule has 6 heteroatoms. The van der Waals surface area contributed by atoms with E-state index in [1.807, 2.05) is 15.7 Å². The Morgan fingerprint density at radius 3 is 2.78 bits per heavy atom. The molecule has 1 atom stereocenters. The van der Waals surface area contributed by atoms with Crippen molar-refractivity contribution in [1.82, 2.24) is 15.5 Å². The quantitative estimate of drug-likeness (QED) is 0.721. The summed E-state index contributed by atoms with van der Waals surface area (Å²) in [6.45, 7) is 4.99. The Hall–Kier alpha value is -2.18. The molecule has 1 aliphatic heterocycles. The van der Waals surface area contributed by atoms with Gasteiger partial charge in [0.15, 0.2) is 0 Å². The molecule has 1 unspecified atom stereocenters. The summed E-state index contributed by atoms with van der Waals surface area (Å²) in [5, 5.41) is 9.99. The zero-order valence-electron chi connectivity index (χ0n) is 15.7. The van der Waals surface area contributed by atoms with Gasteiger partial charge in [0.2, 0.25) is 5.91 Å². The Morgan fingerprint density at radius 1 is 1.26 bits per heavy atom. The minimum Gasteiger partial charge on any atom is -0.352 e. The number of amides is 2. The van der Waals surface area contributed by atoms with Crippen molar-refractivity contribution in [1.29, 1.82) is 0 Å². The Morgan fingerprint density at radius 2 is 2.07 bits per heavy atom. The van der Waals surface area contributed by atoms with Crippen LogP contribution < -0.4 is 10.6 Å². The molecular weight excluding hydrogens is 358 g/mol. The smallest absolute Gasteiger partial charge is 0.252 e. The third kappa shape index (κ3) is 5.17. The maximum absolute atomic E-state index is 12.8. The standard InChI is InChI=1S/C21H27N3O2S/c1-2-16-5-7-17(8-6-16)19-14-22-11-12-24(19)20(25)4-3-10-23-21(26)18-9-13-27-15-18/h5-9,13,15,19,22H,2-4,10-12,14H2,1H3,(H,23,26). The summed E-state index contributed by atoms with van der Waals surface area (Å²) in [7, 11) is 0. The van der Waals surface area contributed by atoms with Gasteiger partial charge in [0.05, 0.1) is 6.04 Å². The second-order valence-corrected chi connectivity index (χ2v) is 7.55. The molecule has 0 spiro atoms. The molecule has 0 saturated carbocycles. The second-order valence-electron chi connectivity index (χ2n) is 6.77. The monoisotopic (exact) mass is 385 g/mol. The molecule has 3 rings (SSSR count).